The van der Waals surface area contributed by atoms with Gasteiger partial charge in [-0.15, -0.1) is 0 Å². The first-order valence-corrected chi connectivity index (χ1v) is 9.39. The van der Waals surface area contributed by atoms with Crippen LogP contribution in [0.25, 0.3) is 17.2 Å². The van der Waals surface area contributed by atoms with Crippen LogP contribution >= 0.6 is 0 Å². The smallest absolute Gasteiger partial charge is 0.366 e. The molecule has 0 aliphatic rings. The minimum Gasteiger partial charge on any atom is -0.366 e. The van der Waals surface area contributed by atoms with Crippen LogP contribution in [0.3, 0.4) is 0 Å². The number of alkyl halides is 3. The van der Waals surface area contributed by atoms with Crippen molar-refractivity contribution in [1.29, 1.82) is 0 Å². The first-order chi connectivity index (χ1) is 14.8. The molecule has 0 spiro atoms. The van der Waals surface area contributed by atoms with Gasteiger partial charge in [-0.1, -0.05) is 6.07 Å². The summed E-state index contributed by atoms with van der Waals surface area (Å²) < 4.78 is 41.7. The lowest BCUT2D eigenvalue weighted by Crippen LogP contribution is -2.12. The zero-order chi connectivity index (χ0) is 22.0. The molecule has 10 heteroatoms. The molecule has 0 fully saturated rings. The Morgan fingerprint density at radius 1 is 1.00 bits per heavy atom. The van der Waals surface area contributed by atoms with Gasteiger partial charge in [0.05, 0.1) is 5.69 Å². The number of anilines is 1. The Labute approximate surface area is 176 Å². The van der Waals surface area contributed by atoms with Crippen molar-refractivity contribution < 1.29 is 13.2 Å². The molecule has 0 aromatic carbocycles. The lowest BCUT2D eigenvalue weighted by Gasteiger charge is -2.12. The largest absolute Gasteiger partial charge is 0.433 e. The summed E-state index contributed by atoms with van der Waals surface area (Å²) in [6.45, 7) is 4.08. The lowest BCUT2D eigenvalue weighted by atomic mass is 10.2. The molecule has 0 aliphatic heterocycles. The van der Waals surface area contributed by atoms with Crippen LogP contribution in [0.4, 0.5) is 19.0 Å². The van der Waals surface area contributed by atoms with Crippen molar-refractivity contribution in [2.75, 3.05) is 5.32 Å². The fraction of sp³-hybridized carbons (Fsp3) is 0.190. The SMILES string of the molecule is Cc1cc(C)n(-c2ccc(CNc3cc(C(F)(F)F)nc(-c4ccncc4)n3)cn2)n1. The highest BCUT2D eigenvalue weighted by Crippen LogP contribution is 2.30. The van der Waals surface area contributed by atoms with Gasteiger partial charge in [-0.05, 0) is 43.7 Å². The van der Waals surface area contributed by atoms with Crippen molar-refractivity contribution in [2.45, 2.75) is 26.6 Å². The van der Waals surface area contributed by atoms with Crippen molar-refractivity contribution in [1.82, 2.24) is 29.7 Å². The number of pyridine rings is 2. The van der Waals surface area contributed by atoms with E-state index in [-0.39, 0.29) is 18.2 Å². The normalized spacial score (nSPS) is 11.5. The van der Waals surface area contributed by atoms with E-state index in [2.05, 4.69) is 30.4 Å². The van der Waals surface area contributed by atoms with Gasteiger partial charge in [0, 0.05) is 42.5 Å². The Kier molecular flexibility index (Phi) is 5.37. The van der Waals surface area contributed by atoms with E-state index in [0.29, 0.717) is 11.4 Å². The van der Waals surface area contributed by atoms with E-state index >= 15 is 0 Å². The second-order valence-electron chi connectivity index (χ2n) is 6.91. The summed E-state index contributed by atoms with van der Waals surface area (Å²) in [6, 6.07) is 9.59. The summed E-state index contributed by atoms with van der Waals surface area (Å²) in [5.41, 5.74) is 2.05. The number of halogens is 3. The lowest BCUT2D eigenvalue weighted by molar-refractivity contribution is -0.141. The average molecular weight is 425 g/mol. The van der Waals surface area contributed by atoms with Gasteiger partial charge in [-0.25, -0.2) is 19.6 Å². The fourth-order valence-corrected chi connectivity index (χ4v) is 3.01. The molecule has 4 rings (SSSR count). The maximum absolute atomic E-state index is 13.3. The Morgan fingerprint density at radius 3 is 2.39 bits per heavy atom. The molecule has 0 unspecified atom stereocenters. The second-order valence-corrected chi connectivity index (χ2v) is 6.91. The number of aryl methyl sites for hydroxylation is 2. The summed E-state index contributed by atoms with van der Waals surface area (Å²) in [4.78, 5) is 16.2. The van der Waals surface area contributed by atoms with Crippen molar-refractivity contribution in [3.05, 3.63) is 77.6 Å². The van der Waals surface area contributed by atoms with Gasteiger partial charge in [0.2, 0.25) is 0 Å². The van der Waals surface area contributed by atoms with E-state index in [1.165, 1.54) is 12.4 Å². The van der Waals surface area contributed by atoms with Gasteiger partial charge in [0.1, 0.15) is 5.82 Å². The van der Waals surface area contributed by atoms with E-state index in [0.717, 1.165) is 23.0 Å². The highest BCUT2D eigenvalue weighted by Gasteiger charge is 2.33. The van der Waals surface area contributed by atoms with Gasteiger partial charge < -0.3 is 5.32 Å². The molecule has 0 saturated heterocycles. The zero-order valence-corrected chi connectivity index (χ0v) is 16.7. The predicted molar refractivity (Wildman–Crippen MR) is 108 cm³/mol. The molecular formula is C21H18F3N7. The van der Waals surface area contributed by atoms with Crippen LogP contribution in [0.1, 0.15) is 22.6 Å². The third-order valence-electron chi connectivity index (χ3n) is 4.46. The summed E-state index contributed by atoms with van der Waals surface area (Å²) in [5.74, 6) is 0.699. The van der Waals surface area contributed by atoms with E-state index in [9.17, 15) is 13.2 Å². The quantitative estimate of drug-likeness (QED) is 0.512. The standard InChI is InChI=1S/C21H18F3N7/c1-13-9-14(2)31(30-13)19-4-3-15(12-27-19)11-26-18-10-17(21(22,23)24)28-20(29-18)16-5-7-25-8-6-16/h3-10,12H,11H2,1-2H3,(H,26,28,29). The van der Waals surface area contributed by atoms with Gasteiger partial charge in [-0.2, -0.15) is 18.3 Å². The van der Waals surface area contributed by atoms with E-state index in [4.69, 9.17) is 0 Å². The number of nitrogens with zero attached hydrogens (tertiary/aromatic N) is 6. The third kappa shape index (κ3) is 4.68. The molecule has 4 heterocycles. The van der Waals surface area contributed by atoms with Crippen LogP contribution in [-0.2, 0) is 12.7 Å². The topological polar surface area (TPSA) is 81.4 Å². The van der Waals surface area contributed by atoms with E-state index in [1.807, 2.05) is 26.0 Å². The van der Waals surface area contributed by atoms with Crippen LogP contribution in [0, 0.1) is 13.8 Å². The molecule has 0 saturated carbocycles. The molecule has 158 valence electrons. The Balaban J connectivity index is 1.56. The maximum atomic E-state index is 13.3. The summed E-state index contributed by atoms with van der Waals surface area (Å²) in [6.07, 6.45) is 0.00270. The van der Waals surface area contributed by atoms with Crippen LogP contribution in [0.5, 0.6) is 0 Å². The monoisotopic (exact) mass is 425 g/mol. The van der Waals surface area contributed by atoms with Crippen LogP contribution < -0.4 is 5.32 Å². The van der Waals surface area contributed by atoms with Crippen LogP contribution in [0.2, 0.25) is 0 Å². The van der Waals surface area contributed by atoms with E-state index in [1.54, 1.807) is 29.1 Å². The second kappa shape index (κ2) is 8.13. The number of hydrogen-bond acceptors (Lipinski definition) is 6. The minimum absolute atomic E-state index is 0.0299. The van der Waals surface area contributed by atoms with Gasteiger partial charge in [0.25, 0.3) is 0 Å². The number of rotatable bonds is 5. The zero-order valence-electron chi connectivity index (χ0n) is 16.7. The molecule has 0 atom stereocenters. The number of nitrogens with one attached hydrogen (secondary N) is 1. The summed E-state index contributed by atoms with van der Waals surface area (Å²) in [5, 5.41) is 7.31. The Hall–Kier alpha value is -3.82. The summed E-state index contributed by atoms with van der Waals surface area (Å²) >= 11 is 0. The van der Waals surface area contributed by atoms with Crippen molar-refractivity contribution in [3.63, 3.8) is 0 Å². The first kappa shape index (κ1) is 20.5. The van der Waals surface area contributed by atoms with Crippen LogP contribution in [0.15, 0.2) is 55.0 Å². The minimum atomic E-state index is -4.59. The Morgan fingerprint density at radius 2 is 1.77 bits per heavy atom. The van der Waals surface area contributed by atoms with Crippen molar-refractivity contribution in [3.8, 4) is 17.2 Å². The molecule has 0 amide bonds. The molecule has 4 aromatic heterocycles. The maximum Gasteiger partial charge on any atom is 0.433 e. The molecular weight excluding hydrogens is 407 g/mol. The predicted octanol–water partition coefficient (Wildman–Crippen LogP) is 4.37. The van der Waals surface area contributed by atoms with Crippen molar-refractivity contribution in [2.24, 2.45) is 0 Å². The van der Waals surface area contributed by atoms with Crippen LogP contribution in [-0.4, -0.2) is 29.7 Å². The average Bonchev–Trinajstić information content (AvgIpc) is 3.10. The third-order valence-corrected chi connectivity index (χ3v) is 4.46. The Bertz CT molecular complexity index is 1190. The fourth-order valence-electron chi connectivity index (χ4n) is 3.01. The van der Waals surface area contributed by atoms with Gasteiger partial charge in [0.15, 0.2) is 17.3 Å². The number of hydrogen-bond donors (Lipinski definition) is 1. The molecule has 31 heavy (non-hydrogen) atoms. The molecule has 1 N–H and O–H groups in total. The molecule has 7 nitrogen and oxygen atoms in total. The van der Waals surface area contributed by atoms with E-state index < -0.39 is 11.9 Å². The molecule has 0 radical (unpaired) electrons. The highest BCUT2D eigenvalue weighted by atomic mass is 19.4. The molecule has 0 bridgehead atoms. The first-order valence-electron chi connectivity index (χ1n) is 9.39. The van der Waals surface area contributed by atoms with Crippen molar-refractivity contribution >= 4 is 5.82 Å². The highest BCUT2D eigenvalue weighted by molar-refractivity contribution is 5.57. The molecule has 4 aromatic rings. The summed E-state index contributed by atoms with van der Waals surface area (Å²) in [7, 11) is 0. The molecule has 0 aliphatic carbocycles. The van der Waals surface area contributed by atoms with Gasteiger partial charge >= 0.3 is 6.18 Å². The van der Waals surface area contributed by atoms with Gasteiger partial charge in [-0.3, -0.25) is 4.98 Å². The number of aromatic nitrogens is 6.